The number of halogens is 3. The fourth-order valence-electron chi connectivity index (χ4n) is 1.57. The molecule has 0 aromatic carbocycles. The maximum atomic E-state index is 12.9. The Hall–Kier alpha value is -1.31. The summed E-state index contributed by atoms with van der Waals surface area (Å²) in [5, 5.41) is 6.06. The minimum atomic E-state index is -4.47. The first-order chi connectivity index (χ1) is 9.08. The summed E-state index contributed by atoms with van der Waals surface area (Å²) in [4.78, 5) is 15.5. The van der Waals surface area contributed by atoms with E-state index in [9.17, 15) is 18.0 Å². The molecule has 114 valence electrons. The number of urea groups is 1. The number of alkyl halides is 3. The molecule has 2 N–H and O–H groups in total. The number of nitrogens with zero attached hydrogens (tertiary/aromatic N) is 1. The van der Waals surface area contributed by atoms with E-state index in [4.69, 9.17) is 0 Å². The van der Waals surface area contributed by atoms with Crippen molar-refractivity contribution in [3.8, 4) is 0 Å². The molecular formula is C12H18F3N3OS. The van der Waals surface area contributed by atoms with Crippen LogP contribution < -0.4 is 10.6 Å². The van der Waals surface area contributed by atoms with Crippen molar-refractivity contribution in [3.63, 3.8) is 0 Å². The minimum absolute atomic E-state index is 0.107. The second-order valence-electron chi connectivity index (χ2n) is 5.67. The Morgan fingerprint density at radius 3 is 2.50 bits per heavy atom. The minimum Gasteiger partial charge on any atom is -0.332 e. The highest BCUT2D eigenvalue weighted by molar-refractivity contribution is 7.07. The third-order valence-corrected chi connectivity index (χ3v) is 3.07. The molecule has 1 atom stereocenters. The molecule has 0 saturated heterocycles. The Labute approximate surface area is 119 Å². The van der Waals surface area contributed by atoms with Crippen molar-refractivity contribution in [2.75, 3.05) is 0 Å². The highest BCUT2D eigenvalue weighted by Gasteiger charge is 2.42. The lowest BCUT2D eigenvalue weighted by atomic mass is 9.88. The first kappa shape index (κ1) is 16.7. The first-order valence-corrected chi connectivity index (χ1v) is 7.00. The zero-order valence-electron chi connectivity index (χ0n) is 11.5. The molecule has 4 nitrogen and oxygen atoms in total. The van der Waals surface area contributed by atoms with Gasteiger partial charge < -0.3 is 10.6 Å². The summed E-state index contributed by atoms with van der Waals surface area (Å²) in [5.74, 6) is 0. The number of aromatic nitrogens is 1. The lowest BCUT2D eigenvalue weighted by Gasteiger charge is -2.28. The summed E-state index contributed by atoms with van der Waals surface area (Å²) in [6.07, 6.45) is -4.65. The van der Waals surface area contributed by atoms with Crippen LogP contribution in [-0.2, 0) is 6.54 Å². The van der Waals surface area contributed by atoms with Gasteiger partial charge in [0.15, 0.2) is 0 Å². The van der Waals surface area contributed by atoms with Crippen molar-refractivity contribution in [2.24, 2.45) is 5.41 Å². The molecule has 0 spiro atoms. The summed E-state index contributed by atoms with van der Waals surface area (Å²) >= 11 is 1.35. The largest absolute Gasteiger partial charge is 0.408 e. The average molecular weight is 309 g/mol. The molecule has 0 saturated carbocycles. The maximum absolute atomic E-state index is 12.9. The number of carbonyl (C=O) groups excluding carboxylic acids is 1. The Kier molecular flexibility index (Phi) is 5.38. The van der Waals surface area contributed by atoms with E-state index in [2.05, 4.69) is 10.3 Å². The van der Waals surface area contributed by atoms with E-state index < -0.39 is 23.7 Å². The average Bonchev–Trinajstić information content (AvgIpc) is 2.75. The molecule has 0 radical (unpaired) electrons. The molecule has 1 rings (SSSR count). The van der Waals surface area contributed by atoms with Gasteiger partial charge in [0.1, 0.15) is 6.04 Å². The number of carbonyl (C=O) groups is 1. The van der Waals surface area contributed by atoms with E-state index in [0.717, 1.165) is 0 Å². The van der Waals surface area contributed by atoms with Gasteiger partial charge in [0.2, 0.25) is 0 Å². The third-order valence-electron chi connectivity index (χ3n) is 2.43. The quantitative estimate of drug-likeness (QED) is 0.896. The Bertz CT molecular complexity index is 426. The summed E-state index contributed by atoms with van der Waals surface area (Å²) in [7, 11) is 0. The molecule has 0 aliphatic carbocycles. The summed E-state index contributed by atoms with van der Waals surface area (Å²) in [6.45, 7) is 5.19. The lowest BCUT2D eigenvalue weighted by Crippen LogP contribution is -2.50. The lowest BCUT2D eigenvalue weighted by molar-refractivity contribution is -0.159. The van der Waals surface area contributed by atoms with Gasteiger partial charge in [-0.25, -0.2) is 9.78 Å². The van der Waals surface area contributed by atoms with Crippen LogP contribution in [0.5, 0.6) is 0 Å². The molecule has 0 aliphatic heterocycles. The standard InChI is InChI=1S/C12H18F3N3OS/c1-11(2,3)4-9(12(13,14)15)18-10(19)16-5-8-6-20-7-17-8/h6-7,9H,4-5H2,1-3H3,(H2,16,18,19). The SMILES string of the molecule is CC(C)(C)CC(NC(=O)NCc1cscn1)C(F)(F)F. The van der Waals surface area contributed by atoms with Gasteiger partial charge in [-0.2, -0.15) is 13.2 Å². The van der Waals surface area contributed by atoms with Gasteiger partial charge in [-0.05, 0) is 11.8 Å². The van der Waals surface area contributed by atoms with Gasteiger partial charge in [0.25, 0.3) is 0 Å². The number of hydrogen-bond donors (Lipinski definition) is 2. The zero-order chi connectivity index (χ0) is 15.4. The van der Waals surface area contributed by atoms with E-state index >= 15 is 0 Å². The van der Waals surface area contributed by atoms with Gasteiger partial charge in [-0.3, -0.25) is 0 Å². The van der Waals surface area contributed by atoms with Crippen LogP contribution in [0.1, 0.15) is 32.9 Å². The first-order valence-electron chi connectivity index (χ1n) is 6.06. The summed E-state index contributed by atoms with van der Waals surface area (Å²) in [6, 6.07) is -2.71. The van der Waals surface area contributed by atoms with Crippen molar-refractivity contribution >= 4 is 17.4 Å². The predicted molar refractivity (Wildman–Crippen MR) is 71.4 cm³/mol. The smallest absolute Gasteiger partial charge is 0.332 e. The molecule has 20 heavy (non-hydrogen) atoms. The van der Waals surface area contributed by atoms with Crippen LogP contribution in [0.4, 0.5) is 18.0 Å². The van der Waals surface area contributed by atoms with Crippen molar-refractivity contribution < 1.29 is 18.0 Å². The van der Waals surface area contributed by atoms with Gasteiger partial charge in [-0.1, -0.05) is 20.8 Å². The summed E-state index contributed by atoms with van der Waals surface area (Å²) in [5.41, 5.74) is 1.67. The van der Waals surface area contributed by atoms with E-state index in [1.807, 2.05) is 5.32 Å². The van der Waals surface area contributed by atoms with E-state index in [-0.39, 0.29) is 13.0 Å². The van der Waals surface area contributed by atoms with Gasteiger partial charge in [-0.15, -0.1) is 11.3 Å². The monoisotopic (exact) mass is 309 g/mol. The highest BCUT2D eigenvalue weighted by atomic mass is 32.1. The molecule has 1 heterocycles. The number of nitrogens with one attached hydrogen (secondary N) is 2. The fraction of sp³-hybridized carbons (Fsp3) is 0.667. The van der Waals surface area contributed by atoms with E-state index in [0.29, 0.717) is 5.69 Å². The van der Waals surface area contributed by atoms with E-state index in [1.54, 1.807) is 31.7 Å². The van der Waals surface area contributed by atoms with Crippen molar-refractivity contribution in [2.45, 2.75) is 46.0 Å². The van der Waals surface area contributed by atoms with Gasteiger partial charge in [0, 0.05) is 5.38 Å². The second kappa shape index (κ2) is 6.43. The molecule has 1 aromatic heterocycles. The van der Waals surface area contributed by atoms with Crippen molar-refractivity contribution in [3.05, 3.63) is 16.6 Å². The number of hydrogen-bond acceptors (Lipinski definition) is 3. The van der Waals surface area contributed by atoms with Crippen molar-refractivity contribution in [1.82, 2.24) is 15.6 Å². The molecule has 2 amide bonds. The van der Waals surface area contributed by atoms with Crippen molar-refractivity contribution in [1.29, 1.82) is 0 Å². The van der Waals surface area contributed by atoms with Crippen LogP contribution in [0, 0.1) is 5.41 Å². The van der Waals surface area contributed by atoms with Crippen LogP contribution in [0.25, 0.3) is 0 Å². The van der Waals surface area contributed by atoms with Crippen LogP contribution in [0.15, 0.2) is 10.9 Å². The zero-order valence-corrected chi connectivity index (χ0v) is 12.4. The summed E-state index contributed by atoms with van der Waals surface area (Å²) < 4.78 is 38.6. The van der Waals surface area contributed by atoms with Crippen LogP contribution in [0.2, 0.25) is 0 Å². The molecular weight excluding hydrogens is 291 g/mol. The molecule has 0 fully saturated rings. The highest BCUT2D eigenvalue weighted by Crippen LogP contribution is 2.30. The number of thiazole rings is 1. The third kappa shape index (κ3) is 6.23. The fourth-order valence-corrected chi connectivity index (χ4v) is 2.12. The molecule has 1 unspecified atom stereocenters. The van der Waals surface area contributed by atoms with Crippen LogP contribution >= 0.6 is 11.3 Å². The Morgan fingerprint density at radius 2 is 2.05 bits per heavy atom. The predicted octanol–water partition coefficient (Wildman–Crippen LogP) is 3.31. The van der Waals surface area contributed by atoms with Crippen LogP contribution in [-0.4, -0.2) is 23.2 Å². The van der Waals surface area contributed by atoms with E-state index in [1.165, 1.54) is 11.3 Å². The molecule has 8 heteroatoms. The van der Waals surface area contributed by atoms with Gasteiger partial charge >= 0.3 is 12.2 Å². The Balaban J connectivity index is 2.54. The number of rotatable bonds is 4. The van der Waals surface area contributed by atoms with Gasteiger partial charge in [0.05, 0.1) is 17.7 Å². The maximum Gasteiger partial charge on any atom is 0.408 e. The second-order valence-corrected chi connectivity index (χ2v) is 6.38. The topological polar surface area (TPSA) is 54.0 Å². The molecule has 1 aromatic rings. The molecule has 0 bridgehead atoms. The molecule has 0 aliphatic rings. The number of amides is 2. The Morgan fingerprint density at radius 1 is 1.40 bits per heavy atom. The normalized spacial score (nSPS) is 13.9. The van der Waals surface area contributed by atoms with Crippen LogP contribution in [0.3, 0.4) is 0 Å².